The highest BCUT2D eigenvalue weighted by atomic mass is 32.2. The van der Waals surface area contributed by atoms with Crippen molar-refractivity contribution in [1.29, 1.82) is 0 Å². The van der Waals surface area contributed by atoms with Gasteiger partial charge in [0.1, 0.15) is 5.75 Å². The lowest BCUT2D eigenvalue weighted by molar-refractivity contribution is -0.127. The van der Waals surface area contributed by atoms with Crippen molar-refractivity contribution >= 4 is 22.2 Å². The Hall–Kier alpha value is -2.44. The second-order valence-electron chi connectivity index (χ2n) is 9.42. The van der Waals surface area contributed by atoms with Gasteiger partial charge in [0, 0.05) is 5.41 Å². The van der Waals surface area contributed by atoms with Gasteiger partial charge in [-0.05, 0) is 90.3 Å². The largest absolute Gasteiger partial charge is 0.380 e. The molecule has 2 aromatic rings. The van der Waals surface area contributed by atoms with Gasteiger partial charge in [-0.25, -0.2) is 0 Å². The molecule has 0 spiro atoms. The number of hydrogen-bond donors (Lipinski definition) is 1. The molecule has 0 aromatic heterocycles. The van der Waals surface area contributed by atoms with Gasteiger partial charge in [0.05, 0.1) is 0 Å². The van der Waals surface area contributed by atoms with Gasteiger partial charge in [0.15, 0.2) is 5.78 Å². The Morgan fingerprint density at radius 2 is 1.90 bits per heavy atom. The number of hydrogen-bond acceptors (Lipinski definition) is 4. The van der Waals surface area contributed by atoms with E-state index in [2.05, 4.69) is 13.0 Å². The van der Waals surface area contributed by atoms with Crippen molar-refractivity contribution in [2.75, 3.05) is 0 Å². The van der Waals surface area contributed by atoms with Crippen LogP contribution in [0.1, 0.15) is 55.2 Å². The molecule has 4 atom stereocenters. The molecule has 2 N–H and O–H groups in total. The van der Waals surface area contributed by atoms with E-state index >= 15 is 0 Å². The fourth-order valence-corrected chi connectivity index (χ4v) is 6.67. The summed E-state index contributed by atoms with van der Waals surface area (Å²) in [5.41, 5.74) is 4.17. The number of benzene rings is 2. The zero-order chi connectivity index (χ0) is 21.8. The third kappa shape index (κ3) is 3.62. The quantitative estimate of drug-likeness (QED) is 0.722. The third-order valence-electron chi connectivity index (χ3n) is 7.69. The highest BCUT2D eigenvalue weighted by Gasteiger charge is 2.56. The second-order valence-corrected chi connectivity index (χ2v) is 10.6. The van der Waals surface area contributed by atoms with Crippen LogP contribution in [-0.2, 0) is 21.5 Å². The van der Waals surface area contributed by atoms with E-state index in [9.17, 15) is 13.2 Å². The fourth-order valence-electron chi connectivity index (χ4n) is 6.29. The van der Waals surface area contributed by atoms with Crippen LogP contribution in [0, 0.1) is 17.3 Å². The van der Waals surface area contributed by atoms with Gasteiger partial charge in [-0.15, -0.1) is 0 Å². The summed E-state index contributed by atoms with van der Waals surface area (Å²) in [5.74, 6) is 1.80. The van der Waals surface area contributed by atoms with E-state index in [-0.39, 0.29) is 11.2 Å². The molecular weight excluding hydrogens is 410 g/mol. The minimum atomic E-state index is -4.03. The Kier molecular flexibility index (Phi) is 4.83. The lowest BCUT2D eigenvalue weighted by atomic mass is 9.55. The molecule has 5 nitrogen and oxygen atoms in total. The van der Waals surface area contributed by atoms with Crippen LogP contribution in [0.2, 0.25) is 0 Å². The fraction of sp³-hybridized carbons (Fsp3) is 0.400. The van der Waals surface area contributed by atoms with Gasteiger partial charge in [0.2, 0.25) is 0 Å². The predicted octanol–water partition coefficient (Wildman–Crippen LogP) is 4.39. The van der Waals surface area contributed by atoms with E-state index in [1.54, 1.807) is 6.07 Å². The summed E-state index contributed by atoms with van der Waals surface area (Å²) in [7, 11) is -4.03. The lowest BCUT2D eigenvalue weighted by Gasteiger charge is -2.48. The Balaban J connectivity index is 1.44. The highest BCUT2D eigenvalue weighted by molar-refractivity contribution is 7.84. The maximum Gasteiger partial charge on any atom is 0.380 e. The van der Waals surface area contributed by atoms with Gasteiger partial charge < -0.3 is 4.18 Å². The van der Waals surface area contributed by atoms with Crippen molar-refractivity contribution in [3.05, 3.63) is 70.8 Å². The zero-order valence-electron chi connectivity index (χ0n) is 17.6. The van der Waals surface area contributed by atoms with Crippen LogP contribution in [0.4, 0.5) is 0 Å². The monoisotopic (exact) mass is 437 g/mol. The van der Waals surface area contributed by atoms with Gasteiger partial charge in [-0.3, -0.25) is 4.79 Å². The van der Waals surface area contributed by atoms with Crippen molar-refractivity contribution < 1.29 is 17.4 Å². The summed E-state index contributed by atoms with van der Waals surface area (Å²) >= 11 is 0. The molecule has 3 aliphatic carbocycles. The zero-order valence-corrected chi connectivity index (χ0v) is 18.4. The average molecular weight is 438 g/mol. The molecule has 3 unspecified atom stereocenters. The summed E-state index contributed by atoms with van der Waals surface area (Å²) in [6.07, 6.45) is 6.64. The number of aryl methyl sites for hydroxylation is 1. The molecule has 0 heterocycles. The van der Waals surface area contributed by atoms with Crippen LogP contribution < -0.4 is 9.32 Å². The first-order valence-electron chi connectivity index (χ1n) is 10.9. The Labute approximate surface area is 183 Å². The number of nitrogens with two attached hydrogens (primary N) is 1. The summed E-state index contributed by atoms with van der Waals surface area (Å²) in [4.78, 5) is 13.4. The molecule has 0 amide bonds. The highest BCUT2D eigenvalue weighted by Crippen LogP contribution is 2.60. The molecule has 5 rings (SSSR count). The number of ketones is 1. The van der Waals surface area contributed by atoms with E-state index in [4.69, 9.17) is 9.32 Å². The van der Waals surface area contributed by atoms with Crippen LogP contribution in [0.25, 0.3) is 6.08 Å². The van der Waals surface area contributed by atoms with Gasteiger partial charge in [-0.2, -0.15) is 13.6 Å². The van der Waals surface area contributed by atoms with Crippen LogP contribution in [0.15, 0.2) is 54.1 Å². The maximum absolute atomic E-state index is 13.4. The Morgan fingerprint density at radius 3 is 2.65 bits per heavy atom. The van der Waals surface area contributed by atoms with E-state index < -0.39 is 10.3 Å². The van der Waals surface area contributed by atoms with Crippen molar-refractivity contribution in [2.45, 2.75) is 44.9 Å². The number of fused-ring (bicyclic) bond motifs is 5. The minimum Gasteiger partial charge on any atom is -0.371 e. The summed E-state index contributed by atoms with van der Waals surface area (Å²) < 4.78 is 27.4. The number of Topliss-reactive ketones (excluding diaryl/α,β-unsaturated/α-hetero) is 1. The first-order valence-corrected chi connectivity index (χ1v) is 12.4. The molecule has 2 aromatic carbocycles. The Morgan fingerprint density at radius 1 is 1.13 bits per heavy atom. The third-order valence-corrected chi connectivity index (χ3v) is 8.12. The average Bonchev–Trinajstić information content (AvgIpc) is 2.98. The van der Waals surface area contributed by atoms with E-state index in [0.29, 0.717) is 23.5 Å². The normalized spacial score (nSPS) is 31.1. The van der Waals surface area contributed by atoms with Gasteiger partial charge in [-0.1, -0.05) is 43.3 Å². The second kappa shape index (κ2) is 7.31. The molecule has 2 saturated carbocycles. The molecule has 2 fully saturated rings. The maximum atomic E-state index is 13.4. The van der Waals surface area contributed by atoms with Gasteiger partial charge >= 0.3 is 10.3 Å². The topological polar surface area (TPSA) is 86.5 Å². The van der Waals surface area contributed by atoms with Gasteiger partial charge in [0.25, 0.3) is 0 Å². The standard InChI is InChI=1S/C25H27NO4S/c1-25-12-11-21-20-10-8-19(30-31(26,28)29)14-17(20)7-9-22(21)23(25)15-18(24(25)27)13-16-5-3-2-4-6-16/h2-6,8,10,13-14,21-23H,7,9,11-12,15H2,1H3,(H2,26,28,29)/t21?,22?,23?,25-/m0/s1. The predicted molar refractivity (Wildman–Crippen MR) is 120 cm³/mol. The molecular formula is C25H27NO4S. The molecule has 31 heavy (non-hydrogen) atoms. The first kappa shape index (κ1) is 20.5. The molecule has 162 valence electrons. The summed E-state index contributed by atoms with van der Waals surface area (Å²) in [6.45, 7) is 2.17. The first-order chi connectivity index (χ1) is 14.7. The van der Waals surface area contributed by atoms with E-state index in [1.807, 2.05) is 42.5 Å². The van der Waals surface area contributed by atoms with Crippen molar-refractivity contribution in [2.24, 2.45) is 22.4 Å². The number of carbonyl (C=O) groups is 1. The molecule has 0 bridgehead atoms. The molecule has 3 aliphatic rings. The smallest absolute Gasteiger partial charge is 0.371 e. The van der Waals surface area contributed by atoms with Crippen LogP contribution in [0.3, 0.4) is 0 Å². The van der Waals surface area contributed by atoms with Crippen molar-refractivity contribution in [3.63, 3.8) is 0 Å². The SMILES string of the molecule is C[C@]12CCC3c4ccc(OS(N)(=O)=O)cc4CCC3C1CC(=Cc1ccccc1)C2=O. The van der Waals surface area contributed by atoms with E-state index in [0.717, 1.165) is 48.8 Å². The number of rotatable bonds is 3. The molecule has 0 radical (unpaired) electrons. The summed E-state index contributed by atoms with van der Waals surface area (Å²) in [5, 5.41) is 5.02. The summed E-state index contributed by atoms with van der Waals surface area (Å²) in [6, 6.07) is 15.6. The van der Waals surface area contributed by atoms with Crippen LogP contribution in [0.5, 0.6) is 5.75 Å². The van der Waals surface area contributed by atoms with Crippen molar-refractivity contribution in [1.82, 2.24) is 0 Å². The molecule has 0 aliphatic heterocycles. The van der Waals surface area contributed by atoms with E-state index in [1.165, 1.54) is 5.56 Å². The number of allylic oxidation sites excluding steroid dienone is 1. The molecule has 6 heteroatoms. The minimum absolute atomic E-state index is 0.268. The van der Waals surface area contributed by atoms with Crippen LogP contribution >= 0.6 is 0 Å². The molecule has 0 saturated heterocycles. The number of carbonyl (C=O) groups excluding carboxylic acids is 1. The Bertz CT molecular complexity index is 1170. The lowest BCUT2D eigenvalue weighted by Crippen LogP contribution is -2.42. The van der Waals surface area contributed by atoms with Crippen molar-refractivity contribution in [3.8, 4) is 5.75 Å². The van der Waals surface area contributed by atoms with Crippen LogP contribution in [-0.4, -0.2) is 14.2 Å².